The molecule has 3 aromatic rings. The Morgan fingerprint density at radius 1 is 0.913 bits per heavy atom. The van der Waals surface area contributed by atoms with Gasteiger partial charge in [-0.25, -0.2) is 0 Å². The maximum atomic E-state index is 6.16. The minimum atomic E-state index is 0.514. The molecule has 1 N–H and O–H groups in total. The van der Waals surface area contributed by atoms with Gasteiger partial charge in [-0.2, -0.15) is 0 Å². The van der Waals surface area contributed by atoms with Gasteiger partial charge in [-0.05, 0) is 48.9 Å². The van der Waals surface area contributed by atoms with Crippen LogP contribution in [0.2, 0.25) is 15.1 Å². The first-order valence-electron chi connectivity index (χ1n) is 7.07. The van der Waals surface area contributed by atoms with E-state index in [0.29, 0.717) is 16.6 Å². The molecule has 2 aromatic carbocycles. The predicted octanol–water partition coefficient (Wildman–Crippen LogP) is 6.83. The summed E-state index contributed by atoms with van der Waals surface area (Å²) in [5.74, 6) is 1.58. The van der Waals surface area contributed by atoms with E-state index in [1.165, 1.54) is 0 Å². The van der Waals surface area contributed by atoms with E-state index in [2.05, 4.69) is 5.32 Å². The summed E-state index contributed by atoms with van der Waals surface area (Å²) in [6, 6.07) is 15.0. The highest BCUT2D eigenvalue weighted by molar-refractivity contribution is 6.35. The van der Waals surface area contributed by atoms with Gasteiger partial charge < -0.3 is 9.73 Å². The lowest BCUT2D eigenvalue weighted by molar-refractivity contribution is 0.531. The van der Waals surface area contributed by atoms with Gasteiger partial charge >= 0.3 is 0 Å². The smallest absolute Gasteiger partial charge is 0.134 e. The van der Waals surface area contributed by atoms with Crippen molar-refractivity contribution < 1.29 is 4.42 Å². The van der Waals surface area contributed by atoms with Crippen molar-refractivity contribution in [2.75, 3.05) is 5.32 Å². The van der Waals surface area contributed by atoms with E-state index in [1.54, 1.807) is 18.2 Å². The first-order valence-corrected chi connectivity index (χ1v) is 8.20. The molecule has 118 valence electrons. The summed E-state index contributed by atoms with van der Waals surface area (Å²) in [5.41, 5.74) is 2.77. The molecule has 0 unspecified atom stereocenters. The van der Waals surface area contributed by atoms with E-state index >= 15 is 0 Å². The Balaban J connectivity index is 1.74. The molecule has 1 heterocycles. The van der Waals surface area contributed by atoms with Crippen LogP contribution in [0.4, 0.5) is 5.69 Å². The average Bonchev–Trinajstić information content (AvgIpc) is 3.00. The second-order valence-corrected chi connectivity index (χ2v) is 6.46. The second kappa shape index (κ2) is 6.88. The van der Waals surface area contributed by atoms with Crippen LogP contribution in [0.1, 0.15) is 11.3 Å². The highest BCUT2D eigenvalue weighted by atomic mass is 35.5. The molecule has 1 aromatic heterocycles. The Morgan fingerprint density at radius 2 is 1.74 bits per heavy atom. The molecule has 0 bridgehead atoms. The largest absolute Gasteiger partial charge is 0.459 e. The topological polar surface area (TPSA) is 25.2 Å². The summed E-state index contributed by atoms with van der Waals surface area (Å²) in [4.78, 5) is 0. The lowest BCUT2D eigenvalue weighted by atomic mass is 10.1. The number of rotatable bonds is 4. The number of hydrogen-bond acceptors (Lipinski definition) is 2. The SMILES string of the molecule is Cc1ccc(-c2ccc(CNc3cc(Cl)ccc3Cl)o2)cc1Cl. The van der Waals surface area contributed by atoms with Crippen molar-refractivity contribution in [2.24, 2.45) is 0 Å². The molecule has 0 aliphatic rings. The maximum Gasteiger partial charge on any atom is 0.134 e. The Labute approximate surface area is 150 Å². The molecule has 3 rings (SSSR count). The van der Waals surface area contributed by atoms with Gasteiger partial charge in [0, 0.05) is 15.6 Å². The first kappa shape index (κ1) is 16.3. The van der Waals surface area contributed by atoms with Crippen LogP contribution in [0.15, 0.2) is 52.9 Å². The molecule has 0 saturated carbocycles. The van der Waals surface area contributed by atoms with Crippen molar-refractivity contribution in [3.05, 3.63) is 74.9 Å². The number of aryl methyl sites for hydroxylation is 1. The first-order chi connectivity index (χ1) is 11.0. The van der Waals surface area contributed by atoms with E-state index < -0.39 is 0 Å². The summed E-state index contributed by atoms with van der Waals surface area (Å²) in [7, 11) is 0. The monoisotopic (exact) mass is 365 g/mol. The molecular formula is C18H14Cl3NO. The Hall–Kier alpha value is -1.61. The predicted molar refractivity (Wildman–Crippen MR) is 97.7 cm³/mol. The highest BCUT2D eigenvalue weighted by Gasteiger charge is 2.07. The van der Waals surface area contributed by atoms with Gasteiger partial charge in [-0.1, -0.05) is 46.9 Å². The Bertz CT molecular complexity index is 842. The molecule has 0 fully saturated rings. The molecule has 23 heavy (non-hydrogen) atoms. The molecule has 0 aliphatic heterocycles. The molecule has 0 amide bonds. The lowest BCUT2D eigenvalue weighted by Crippen LogP contribution is -1.98. The lowest BCUT2D eigenvalue weighted by Gasteiger charge is -2.07. The summed E-state index contributed by atoms with van der Waals surface area (Å²) in [6.07, 6.45) is 0. The van der Waals surface area contributed by atoms with E-state index in [1.807, 2.05) is 37.3 Å². The zero-order chi connectivity index (χ0) is 16.4. The third-order valence-corrected chi connectivity index (χ3v) is 4.47. The van der Waals surface area contributed by atoms with Crippen molar-refractivity contribution >= 4 is 40.5 Å². The molecular weight excluding hydrogens is 353 g/mol. The molecule has 2 nitrogen and oxygen atoms in total. The summed E-state index contributed by atoms with van der Waals surface area (Å²) in [6.45, 7) is 2.48. The minimum Gasteiger partial charge on any atom is -0.459 e. The van der Waals surface area contributed by atoms with Crippen LogP contribution >= 0.6 is 34.8 Å². The van der Waals surface area contributed by atoms with E-state index in [4.69, 9.17) is 39.2 Å². The van der Waals surface area contributed by atoms with Gasteiger partial charge in [0.05, 0.1) is 17.3 Å². The fraction of sp³-hybridized carbons (Fsp3) is 0.111. The zero-order valence-electron chi connectivity index (χ0n) is 12.4. The zero-order valence-corrected chi connectivity index (χ0v) is 14.6. The van der Waals surface area contributed by atoms with Gasteiger partial charge in [0.2, 0.25) is 0 Å². The number of benzene rings is 2. The van der Waals surface area contributed by atoms with Gasteiger partial charge in [-0.15, -0.1) is 0 Å². The maximum absolute atomic E-state index is 6.16. The van der Waals surface area contributed by atoms with Gasteiger partial charge in [0.1, 0.15) is 11.5 Å². The molecule has 5 heteroatoms. The molecule has 0 radical (unpaired) electrons. The van der Waals surface area contributed by atoms with Crippen LogP contribution < -0.4 is 5.32 Å². The van der Waals surface area contributed by atoms with Gasteiger partial charge in [0.25, 0.3) is 0 Å². The van der Waals surface area contributed by atoms with Crippen LogP contribution in [0.3, 0.4) is 0 Å². The number of anilines is 1. The standard InChI is InChI=1S/C18H14Cl3NO/c1-11-2-3-12(8-16(11)21)18-7-5-14(23-18)10-22-17-9-13(19)4-6-15(17)20/h2-9,22H,10H2,1H3. The fourth-order valence-electron chi connectivity index (χ4n) is 2.19. The minimum absolute atomic E-state index is 0.514. The summed E-state index contributed by atoms with van der Waals surface area (Å²) < 4.78 is 5.86. The van der Waals surface area contributed by atoms with Crippen molar-refractivity contribution in [2.45, 2.75) is 13.5 Å². The van der Waals surface area contributed by atoms with Crippen LogP contribution in [-0.2, 0) is 6.54 Å². The average molecular weight is 367 g/mol. The van der Waals surface area contributed by atoms with Crippen LogP contribution in [0, 0.1) is 6.92 Å². The van der Waals surface area contributed by atoms with Crippen molar-refractivity contribution in [1.82, 2.24) is 0 Å². The van der Waals surface area contributed by atoms with Gasteiger partial charge in [0.15, 0.2) is 0 Å². The van der Waals surface area contributed by atoms with Crippen LogP contribution in [0.25, 0.3) is 11.3 Å². The molecule has 0 spiro atoms. The Morgan fingerprint density at radius 3 is 2.52 bits per heavy atom. The van der Waals surface area contributed by atoms with E-state index in [9.17, 15) is 0 Å². The van der Waals surface area contributed by atoms with E-state index in [-0.39, 0.29) is 0 Å². The van der Waals surface area contributed by atoms with Crippen molar-refractivity contribution in [3.8, 4) is 11.3 Å². The van der Waals surface area contributed by atoms with E-state index in [0.717, 1.165) is 33.4 Å². The molecule has 0 atom stereocenters. The number of nitrogens with one attached hydrogen (secondary N) is 1. The number of halogens is 3. The van der Waals surface area contributed by atoms with Gasteiger partial charge in [-0.3, -0.25) is 0 Å². The fourth-order valence-corrected chi connectivity index (χ4v) is 2.73. The van der Waals surface area contributed by atoms with Crippen LogP contribution in [-0.4, -0.2) is 0 Å². The number of hydrogen-bond donors (Lipinski definition) is 1. The van der Waals surface area contributed by atoms with Crippen LogP contribution in [0.5, 0.6) is 0 Å². The third-order valence-electron chi connectivity index (χ3n) is 3.50. The Kier molecular flexibility index (Phi) is 4.86. The normalized spacial score (nSPS) is 10.8. The molecule has 0 aliphatic carbocycles. The van der Waals surface area contributed by atoms with Crippen molar-refractivity contribution in [3.63, 3.8) is 0 Å². The second-order valence-electron chi connectivity index (χ2n) is 5.21. The quantitative estimate of drug-likeness (QED) is 0.547. The third kappa shape index (κ3) is 3.84. The van der Waals surface area contributed by atoms with Crippen molar-refractivity contribution in [1.29, 1.82) is 0 Å². The highest BCUT2D eigenvalue weighted by Crippen LogP contribution is 2.29. The number of furan rings is 1. The summed E-state index contributed by atoms with van der Waals surface area (Å²) in [5, 5.41) is 5.19. The summed E-state index contributed by atoms with van der Waals surface area (Å²) >= 11 is 18.3. The molecule has 0 saturated heterocycles.